The number of nitrogens with one attached hydrogen (secondary N) is 1. The Hall–Kier alpha value is -2.45. The first-order valence-corrected chi connectivity index (χ1v) is 6.15. The zero-order valence-corrected chi connectivity index (χ0v) is 10.8. The van der Waals surface area contributed by atoms with Gasteiger partial charge in [-0.25, -0.2) is 9.78 Å². The molecule has 1 aliphatic heterocycles. The van der Waals surface area contributed by atoms with E-state index in [1.165, 1.54) is 23.2 Å². The molecule has 0 radical (unpaired) electrons. The minimum absolute atomic E-state index is 0.140. The number of likely N-dealkylation sites (tertiary alicyclic amines) is 1. The number of pyridine rings is 1. The Bertz CT molecular complexity index is 524. The Balaban J connectivity index is 1.89. The van der Waals surface area contributed by atoms with Gasteiger partial charge in [0.1, 0.15) is 0 Å². The molecule has 0 spiro atoms. The first kappa shape index (κ1) is 14.9. The minimum Gasteiger partial charge on any atom is -0.481 e. The zero-order valence-electron chi connectivity index (χ0n) is 10.8. The molecule has 0 aromatic carbocycles. The van der Waals surface area contributed by atoms with Crippen molar-refractivity contribution in [2.75, 3.05) is 18.4 Å². The van der Waals surface area contributed by atoms with Crippen LogP contribution in [0.15, 0.2) is 18.3 Å². The van der Waals surface area contributed by atoms with E-state index in [-0.39, 0.29) is 12.4 Å². The summed E-state index contributed by atoms with van der Waals surface area (Å²) < 4.78 is 28.0. The largest absolute Gasteiger partial charge is 0.481 e. The van der Waals surface area contributed by atoms with Gasteiger partial charge in [-0.05, 0) is 12.5 Å². The summed E-state index contributed by atoms with van der Waals surface area (Å²) in [6.45, 7) is -2.47. The zero-order chi connectivity index (χ0) is 15.4. The van der Waals surface area contributed by atoms with Gasteiger partial charge in [-0.1, -0.05) is 0 Å². The second kappa shape index (κ2) is 6.33. The number of carboxylic acid groups (broad SMARTS) is 1. The maximum atomic E-state index is 12.0. The van der Waals surface area contributed by atoms with Crippen molar-refractivity contribution in [1.82, 2.24) is 9.88 Å². The molecule has 0 saturated carbocycles. The van der Waals surface area contributed by atoms with Gasteiger partial charge in [0.15, 0.2) is 0 Å². The van der Waals surface area contributed by atoms with Crippen LogP contribution in [0, 0.1) is 5.92 Å². The fraction of sp³-hybridized carbons (Fsp3) is 0.417. The summed E-state index contributed by atoms with van der Waals surface area (Å²) in [5.41, 5.74) is 0.306. The average molecular weight is 301 g/mol. The molecule has 1 unspecified atom stereocenters. The maximum absolute atomic E-state index is 12.0. The molecular formula is C12H13F2N3O4. The van der Waals surface area contributed by atoms with Gasteiger partial charge in [0.2, 0.25) is 5.88 Å². The van der Waals surface area contributed by atoms with Crippen LogP contribution in [-0.4, -0.2) is 46.7 Å². The summed E-state index contributed by atoms with van der Waals surface area (Å²) in [5.74, 6) is -1.74. The van der Waals surface area contributed by atoms with Crippen LogP contribution in [0.1, 0.15) is 6.42 Å². The normalized spacial score (nSPS) is 17.9. The maximum Gasteiger partial charge on any atom is 0.388 e. The Morgan fingerprint density at radius 3 is 2.76 bits per heavy atom. The third kappa shape index (κ3) is 4.01. The number of carboxylic acids is 1. The number of aliphatic carboxylic acids is 1. The number of carbonyl (C=O) groups excluding carboxylic acids is 1. The van der Waals surface area contributed by atoms with Crippen molar-refractivity contribution in [3.63, 3.8) is 0 Å². The minimum atomic E-state index is -2.96. The molecule has 1 aromatic heterocycles. The predicted octanol–water partition coefficient (Wildman–Crippen LogP) is 1.62. The summed E-state index contributed by atoms with van der Waals surface area (Å²) in [5, 5.41) is 11.4. The van der Waals surface area contributed by atoms with Gasteiger partial charge >= 0.3 is 18.6 Å². The van der Waals surface area contributed by atoms with Crippen molar-refractivity contribution >= 4 is 17.7 Å². The number of carbonyl (C=O) groups is 2. The number of rotatable bonds is 4. The highest BCUT2D eigenvalue weighted by Crippen LogP contribution is 2.18. The van der Waals surface area contributed by atoms with Crippen LogP contribution in [0.3, 0.4) is 0 Å². The molecular weight excluding hydrogens is 288 g/mol. The molecule has 2 heterocycles. The van der Waals surface area contributed by atoms with Gasteiger partial charge < -0.3 is 20.1 Å². The van der Waals surface area contributed by atoms with Crippen molar-refractivity contribution in [3.8, 4) is 5.88 Å². The topological polar surface area (TPSA) is 91.8 Å². The number of amides is 2. The van der Waals surface area contributed by atoms with Crippen molar-refractivity contribution in [3.05, 3.63) is 18.3 Å². The van der Waals surface area contributed by atoms with Crippen LogP contribution in [0.4, 0.5) is 19.3 Å². The van der Waals surface area contributed by atoms with Gasteiger partial charge in [-0.2, -0.15) is 8.78 Å². The standard InChI is InChI=1S/C12H13F2N3O4/c13-11(14)21-9-2-1-8(5-15-9)16-12(20)17-4-3-7(6-17)10(18)19/h1-2,5,7,11H,3-4,6H2,(H,16,20)(H,18,19). The van der Waals surface area contributed by atoms with E-state index in [0.29, 0.717) is 18.7 Å². The summed E-state index contributed by atoms with van der Waals surface area (Å²) in [7, 11) is 0. The van der Waals surface area contributed by atoms with E-state index in [0.717, 1.165) is 0 Å². The lowest BCUT2D eigenvalue weighted by Gasteiger charge is -2.16. The molecule has 9 heteroatoms. The Kier molecular flexibility index (Phi) is 4.51. The lowest BCUT2D eigenvalue weighted by molar-refractivity contribution is -0.141. The summed E-state index contributed by atoms with van der Waals surface area (Å²) >= 11 is 0. The lowest BCUT2D eigenvalue weighted by Crippen LogP contribution is -2.33. The second-order valence-corrected chi connectivity index (χ2v) is 4.46. The first-order chi connectivity index (χ1) is 9.95. The number of halogens is 2. The number of nitrogens with zero attached hydrogens (tertiary/aromatic N) is 2. The molecule has 1 aliphatic rings. The third-order valence-electron chi connectivity index (χ3n) is 3.02. The van der Waals surface area contributed by atoms with Gasteiger partial charge in [-0.3, -0.25) is 4.79 Å². The quantitative estimate of drug-likeness (QED) is 0.881. The number of anilines is 1. The highest BCUT2D eigenvalue weighted by atomic mass is 19.3. The Labute approximate surface area is 118 Å². The number of hydrogen-bond acceptors (Lipinski definition) is 4. The lowest BCUT2D eigenvalue weighted by atomic mass is 10.1. The molecule has 0 bridgehead atoms. The molecule has 1 fully saturated rings. The predicted molar refractivity (Wildman–Crippen MR) is 67.2 cm³/mol. The number of ether oxygens (including phenoxy) is 1. The SMILES string of the molecule is O=C(O)C1CCN(C(=O)Nc2ccc(OC(F)F)nc2)C1. The van der Waals surface area contributed by atoms with E-state index in [1.807, 2.05) is 0 Å². The van der Waals surface area contributed by atoms with E-state index in [9.17, 15) is 18.4 Å². The molecule has 21 heavy (non-hydrogen) atoms. The van der Waals surface area contributed by atoms with Crippen molar-refractivity contribution in [2.24, 2.45) is 5.92 Å². The number of aromatic nitrogens is 1. The van der Waals surface area contributed by atoms with Gasteiger partial charge in [0.05, 0.1) is 17.8 Å². The van der Waals surface area contributed by atoms with E-state index < -0.39 is 24.5 Å². The van der Waals surface area contributed by atoms with Crippen LogP contribution in [0.25, 0.3) is 0 Å². The van der Waals surface area contributed by atoms with Gasteiger partial charge in [0.25, 0.3) is 0 Å². The van der Waals surface area contributed by atoms with Crippen LogP contribution in [0.2, 0.25) is 0 Å². The van der Waals surface area contributed by atoms with Crippen LogP contribution in [0.5, 0.6) is 5.88 Å². The van der Waals surface area contributed by atoms with Crippen LogP contribution < -0.4 is 10.1 Å². The molecule has 2 N–H and O–H groups in total. The van der Waals surface area contributed by atoms with Crippen molar-refractivity contribution in [2.45, 2.75) is 13.0 Å². The highest BCUT2D eigenvalue weighted by molar-refractivity contribution is 5.89. The Morgan fingerprint density at radius 2 is 2.24 bits per heavy atom. The second-order valence-electron chi connectivity index (χ2n) is 4.46. The Morgan fingerprint density at radius 1 is 1.48 bits per heavy atom. The van der Waals surface area contributed by atoms with Crippen LogP contribution in [-0.2, 0) is 4.79 Å². The molecule has 1 saturated heterocycles. The number of urea groups is 1. The van der Waals surface area contributed by atoms with Crippen molar-refractivity contribution < 1.29 is 28.2 Å². The van der Waals surface area contributed by atoms with E-state index in [2.05, 4.69) is 15.0 Å². The van der Waals surface area contributed by atoms with Gasteiger partial charge in [-0.15, -0.1) is 0 Å². The summed E-state index contributed by atoms with van der Waals surface area (Å²) in [6.07, 6.45) is 1.59. The smallest absolute Gasteiger partial charge is 0.388 e. The number of alkyl halides is 2. The molecule has 1 aromatic rings. The van der Waals surface area contributed by atoms with Crippen molar-refractivity contribution in [1.29, 1.82) is 0 Å². The molecule has 1 atom stereocenters. The summed E-state index contributed by atoms with van der Waals surface area (Å²) in [4.78, 5) is 27.7. The fourth-order valence-corrected chi connectivity index (χ4v) is 1.96. The van der Waals surface area contributed by atoms with Crippen LogP contribution >= 0.6 is 0 Å². The fourth-order valence-electron chi connectivity index (χ4n) is 1.96. The molecule has 0 aliphatic carbocycles. The third-order valence-corrected chi connectivity index (χ3v) is 3.02. The highest BCUT2D eigenvalue weighted by Gasteiger charge is 2.30. The number of hydrogen-bond donors (Lipinski definition) is 2. The average Bonchev–Trinajstić information content (AvgIpc) is 2.90. The van der Waals surface area contributed by atoms with E-state index in [1.54, 1.807) is 0 Å². The molecule has 2 amide bonds. The molecule has 2 rings (SSSR count). The summed E-state index contributed by atoms with van der Waals surface area (Å²) in [6, 6.07) is 2.11. The monoisotopic (exact) mass is 301 g/mol. The van der Waals surface area contributed by atoms with Gasteiger partial charge in [0, 0.05) is 19.2 Å². The van der Waals surface area contributed by atoms with E-state index in [4.69, 9.17) is 5.11 Å². The van der Waals surface area contributed by atoms with E-state index >= 15 is 0 Å². The molecule has 114 valence electrons. The first-order valence-electron chi connectivity index (χ1n) is 6.15. The molecule has 7 nitrogen and oxygen atoms in total.